The van der Waals surface area contributed by atoms with Gasteiger partial charge in [0.05, 0.1) is 16.6 Å². The average Bonchev–Trinajstić information content (AvgIpc) is 3.61. The number of nitrogens with one attached hydrogen (secondary N) is 1. The van der Waals surface area contributed by atoms with Gasteiger partial charge in [0.1, 0.15) is 5.82 Å². The fraction of sp³-hybridized carbons (Fsp3) is 0.344. The van der Waals surface area contributed by atoms with Crippen LogP contribution in [0, 0.1) is 0 Å². The predicted octanol–water partition coefficient (Wildman–Crippen LogP) is 7.82. The third-order valence-electron chi connectivity index (χ3n) is 8.28. The average molecular weight is 508 g/mol. The first-order valence-corrected chi connectivity index (χ1v) is 13.8. The number of amides is 1. The first-order chi connectivity index (χ1) is 18.6. The van der Waals surface area contributed by atoms with E-state index >= 15 is 0 Å². The number of imidazole rings is 1. The molecule has 0 unspecified atom stereocenters. The van der Waals surface area contributed by atoms with E-state index in [9.17, 15) is 14.7 Å². The molecule has 2 saturated carbocycles. The lowest BCUT2D eigenvalue weighted by Gasteiger charge is -2.22. The van der Waals surface area contributed by atoms with Crippen molar-refractivity contribution in [3.05, 3.63) is 83.4 Å². The fourth-order valence-electron chi connectivity index (χ4n) is 6.22. The molecule has 2 fully saturated rings. The Morgan fingerprint density at radius 3 is 2.13 bits per heavy atom. The molecule has 6 rings (SSSR count). The first-order valence-electron chi connectivity index (χ1n) is 13.8. The molecule has 0 aliphatic heterocycles. The van der Waals surface area contributed by atoms with Crippen molar-refractivity contribution >= 4 is 28.6 Å². The largest absolute Gasteiger partial charge is 0.478 e. The Morgan fingerprint density at radius 1 is 0.789 bits per heavy atom. The van der Waals surface area contributed by atoms with Crippen molar-refractivity contribution < 1.29 is 14.7 Å². The number of nitrogens with zero attached hydrogens (tertiary/aromatic N) is 2. The van der Waals surface area contributed by atoms with Gasteiger partial charge < -0.3 is 15.0 Å². The highest BCUT2D eigenvalue weighted by Crippen LogP contribution is 2.37. The van der Waals surface area contributed by atoms with Gasteiger partial charge in [-0.15, -0.1) is 0 Å². The third-order valence-corrected chi connectivity index (χ3v) is 8.28. The number of carboxylic acid groups (broad SMARTS) is 1. The molecule has 2 N–H and O–H groups in total. The molecule has 6 nitrogen and oxygen atoms in total. The van der Waals surface area contributed by atoms with Gasteiger partial charge in [-0.25, -0.2) is 9.78 Å². The van der Waals surface area contributed by atoms with E-state index in [1.165, 1.54) is 50.5 Å². The SMILES string of the molecule is O=C(O)c1ccc2c(c1)nc(-c1ccc(NC(=O)c3ccc(C4CCCCC4)cc3)cc1)n2C1CCCC1. The lowest BCUT2D eigenvalue weighted by molar-refractivity contribution is 0.0696. The number of carboxylic acids is 1. The second-order valence-electron chi connectivity index (χ2n) is 10.7. The molecule has 194 valence electrons. The number of aromatic carboxylic acids is 1. The van der Waals surface area contributed by atoms with E-state index in [0.717, 1.165) is 35.4 Å². The van der Waals surface area contributed by atoms with Crippen molar-refractivity contribution in [3.8, 4) is 11.4 Å². The maximum Gasteiger partial charge on any atom is 0.335 e. The second kappa shape index (κ2) is 10.4. The summed E-state index contributed by atoms with van der Waals surface area (Å²) in [5.41, 5.74) is 5.57. The molecule has 6 heteroatoms. The van der Waals surface area contributed by atoms with Crippen LogP contribution in [0.15, 0.2) is 66.7 Å². The monoisotopic (exact) mass is 507 g/mol. The first kappa shape index (κ1) is 24.4. The highest BCUT2D eigenvalue weighted by Gasteiger charge is 2.24. The van der Waals surface area contributed by atoms with Gasteiger partial charge in [-0.05, 0) is 91.8 Å². The van der Waals surface area contributed by atoms with Crippen molar-refractivity contribution in [1.29, 1.82) is 0 Å². The normalized spacial score (nSPS) is 16.6. The Bertz CT molecular complexity index is 1460. The molecule has 1 amide bonds. The van der Waals surface area contributed by atoms with Crippen molar-refractivity contribution in [3.63, 3.8) is 0 Å². The molecule has 0 saturated heterocycles. The lowest BCUT2D eigenvalue weighted by Crippen LogP contribution is -2.12. The van der Waals surface area contributed by atoms with Crippen LogP contribution in [-0.2, 0) is 0 Å². The summed E-state index contributed by atoms with van der Waals surface area (Å²) in [7, 11) is 0. The van der Waals surface area contributed by atoms with E-state index < -0.39 is 5.97 Å². The van der Waals surface area contributed by atoms with Gasteiger partial charge >= 0.3 is 5.97 Å². The van der Waals surface area contributed by atoms with Gasteiger partial charge in [-0.1, -0.05) is 44.2 Å². The van der Waals surface area contributed by atoms with E-state index in [2.05, 4.69) is 22.0 Å². The summed E-state index contributed by atoms with van der Waals surface area (Å²) < 4.78 is 2.27. The minimum atomic E-state index is -0.951. The summed E-state index contributed by atoms with van der Waals surface area (Å²) in [4.78, 5) is 29.3. The van der Waals surface area contributed by atoms with Crippen LogP contribution in [-0.4, -0.2) is 26.5 Å². The number of carbonyl (C=O) groups is 2. The van der Waals surface area contributed by atoms with Crippen LogP contribution < -0.4 is 5.32 Å². The number of fused-ring (bicyclic) bond motifs is 1. The summed E-state index contributed by atoms with van der Waals surface area (Å²) in [5.74, 6) is 0.392. The Balaban J connectivity index is 1.23. The molecule has 0 bridgehead atoms. The molecule has 2 aliphatic rings. The van der Waals surface area contributed by atoms with Gasteiger partial charge in [-0.2, -0.15) is 0 Å². The quantitative estimate of drug-likeness (QED) is 0.279. The van der Waals surface area contributed by atoms with Gasteiger partial charge in [0.15, 0.2) is 0 Å². The van der Waals surface area contributed by atoms with Gasteiger partial charge in [0, 0.05) is 22.9 Å². The number of hydrogen-bond acceptors (Lipinski definition) is 3. The zero-order valence-corrected chi connectivity index (χ0v) is 21.5. The van der Waals surface area contributed by atoms with Crippen LogP contribution in [0.4, 0.5) is 5.69 Å². The van der Waals surface area contributed by atoms with Crippen LogP contribution in [0.1, 0.15) is 96.0 Å². The minimum Gasteiger partial charge on any atom is -0.478 e. The molecule has 3 aromatic carbocycles. The molecular weight excluding hydrogens is 474 g/mol. The van der Waals surface area contributed by atoms with E-state index in [0.29, 0.717) is 23.0 Å². The number of benzene rings is 3. The molecule has 38 heavy (non-hydrogen) atoms. The van der Waals surface area contributed by atoms with Gasteiger partial charge in [0.25, 0.3) is 5.91 Å². The van der Waals surface area contributed by atoms with Crippen molar-refractivity contribution in [2.45, 2.75) is 69.7 Å². The number of aromatic nitrogens is 2. The molecule has 1 heterocycles. The van der Waals surface area contributed by atoms with E-state index in [-0.39, 0.29) is 11.5 Å². The molecule has 2 aliphatic carbocycles. The fourth-order valence-corrected chi connectivity index (χ4v) is 6.22. The van der Waals surface area contributed by atoms with Crippen LogP contribution in [0.25, 0.3) is 22.4 Å². The molecule has 1 aromatic heterocycles. The lowest BCUT2D eigenvalue weighted by atomic mass is 9.84. The van der Waals surface area contributed by atoms with Crippen LogP contribution in [0.3, 0.4) is 0 Å². The van der Waals surface area contributed by atoms with Crippen molar-refractivity contribution in [2.24, 2.45) is 0 Å². The Morgan fingerprint density at radius 2 is 1.45 bits per heavy atom. The Hall–Kier alpha value is -3.93. The van der Waals surface area contributed by atoms with E-state index in [1.54, 1.807) is 12.1 Å². The van der Waals surface area contributed by atoms with Crippen LogP contribution in [0.5, 0.6) is 0 Å². The highest BCUT2D eigenvalue weighted by atomic mass is 16.4. The predicted molar refractivity (Wildman–Crippen MR) is 150 cm³/mol. The zero-order chi connectivity index (χ0) is 26.1. The summed E-state index contributed by atoms with van der Waals surface area (Å²) in [6.45, 7) is 0. The molecule has 0 spiro atoms. The molecule has 4 aromatic rings. The molecular formula is C32H33N3O3. The summed E-state index contributed by atoms with van der Waals surface area (Å²) in [6.07, 6.45) is 11.0. The smallest absolute Gasteiger partial charge is 0.335 e. The minimum absolute atomic E-state index is 0.118. The van der Waals surface area contributed by atoms with Crippen molar-refractivity contribution in [2.75, 3.05) is 5.32 Å². The van der Waals surface area contributed by atoms with Gasteiger partial charge in [0.2, 0.25) is 0 Å². The Kier molecular flexibility index (Phi) is 6.71. The number of rotatable bonds is 6. The standard InChI is InChI=1S/C32H33N3O3/c36-31(24-12-10-22(11-13-24)21-6-2-1-3-7-21)33-26-17-14-23(15-18-26)30-34-28-20-25(32(37)38)16-19-29(28)35(30)27-8-4-5-9-27/h10-21,27H,1-9H2,(H,33,36)(H,37,38). The molecule has 0 radical (unpaired) electrons. The maximum absolute atomic E-state index is 12.9. The summed E-state index contributed by atoms with van der Waals surface area (Å²) >= 11 is 0. The molecule has 0 atom stereocenters. The Labute approximate surface area is 222 Å². The second-order valence-corrected chi connectivity index (χ2v) is 10.7. The third kappa shape index (κ3) is 4.83. The summed E-state index contributed by atoms with van der Waals surface area (Å²) in [5, 5.41) is 12.5. The zero-order valence-electron chi connectivity index (χ0n) is 21.5. The number of hydrogen-bond donors (Lipinski definition) is 2. The van der Waals surface area contributed by atoms with E-state index in [4.69, 9.17) is 4.98 Å². The maximum atomic E-state index is 12.9. The number of anilines is 1. The van der Waals surface area contributed by atoms with Crippen molar-refractivity contribution in [1.82, 2.24) is 9.55 Å². The van der Waals surface area contributed by atoms with Crippen LogP contribution >= 0.6 is 0 Å². The van der Waals surface area contributed by atoms with Gasteiger partial charge in [-0.3, -0.25) is 4.79 Å². The highest BCUT2D eigenvalue weighted by molar-refractivity contribution is 6.04. The van der Waals surface area contributed by atoms with E-state index in [1.807, 2.05) is 42.5 Å². The topological polar surface area (TPSA) is 84.2 Å². The summed E-state index contributed by atoms with van der Waals surface area (Å²) in [6, 6.07) is 21.4. The number of carbonyl (C=O) groups excluding carboxylic acids is 1. The van der Waals surface area contributed by atoms with Crippen LogP contribution in [0.2, 0.25) is 0 Å².